The minimum Gasteiger partial charge on any atom is -0.296 e. The fraction of sp³-hybridized carbons (Fsp3) is 0.217. The van der Waals surface area contributed by atoms with Gasteiger partial charge in [0.15, 0.2) is 11.3 Å². The predicted octanol–water partition coefficient (Wildman–Crippen LogP) is 5.93. The molecule has 5 rings (SSSR count). The Morgan fingerprint density at radius 1 is 1.06 bits per heavy atom. The number of para-hydroxylation sites is 2. The summed E-state index contributed by atoms with van der Waals surface area (Å²) >= 11 is 5.83. The summed E-state index contributed by atoms with van der Waals surface area (Å²) in [5.74, 6) is 0. The lowest BCUT2D eigenvalue weighted by molar-refractivity contribution is -0.137. The van der Waals surface area contributed by atoms with Crippen LogP contribution in [0, 0.1) is 0 Å². The molecule has 0 N–H and O–H groups in total. The van der Waals surface area contributed by atoms with Gasteiger partial charge in [0.25, 0.3) is 5.56 Å². The van der Waals surface area contributed by atoms with Crippen LogP contribution >= 0.6 is 11.6 Å². The average molecular weight is 472 g/mol. The Morgan fingerprint density at radius 2 is 1.76 bits per heavy atom. The van der Waals surface area contributed by atoms with Crippen LogP contribution in [0.15, 0.2) is 53.6 Å². The molecule has 0 fully saturated rings. The van der Waals surface area contributed by atoms with Crippen LogP contribution in [-0.2, 0) is 6.18 Å². The summed E-state index contributed by atoms with van der Waals surface area (Å²) in [5, 5.41) is -0.217. The van der Waals surface area contributed by atoms with Crippen molar-refractivity contribution in [3.05, 3.63) is 69.7 Å². The fourth-order valence-electron chi connectivity index (χ4n) is 3.87. The largest absolute Gasteiger partial charge is 0.417 e. The third kappa shape index (κ3) is 3.34. The highest BCUT2D eigenvalue weighted by atomic mass is 35.5. The van der Waals surface area contributed by atoms with E-state index in [4.69, 9.17) is 11.6 Å². The van der Waals surface area contributed by atoms with Crippen LogP contribution in [0.1, 0.15) is 31.9 Å². The molecule has 0 bridgehead atoms. The van der Waals surface area contributed by atoms with Gasteiger partial charge >= 0.3 is 6.18 Å². The molecule has 10 heteroatoms. The fourth-order valence-corrected chi connectivity index (χ4v) is 4.10. The van der Waals surface area contributed by atoms with E-state index in [0.29, 0.717) is 17.5 Å². The summed E-state index contributed by atoms with van der Waals surface area (Å²) in [4.78, 5) is 27.2. The number of benzene rings is 2. The summed E-state index contributed by atoms with van der Waals surface area (Å²) < 4.78 is 43.6. The zero-order valence-corrected chi connectivity index (χ0v) is 18.3. The Morgan fingerprint density at radius 3 is 2.42 bits per heavy atom. The van der Waals surface area contributed by atoms with Crippen LogP contribution in [0.2, 0.25) is 5.02 Å². The van der Waals surface area contributed by atoms with Crippen molar-refractivity contribution in [3.8, 4) is 5.69 Å². The van der Waals surface area contributed by atoms with Gasteiger partial charge < -0.3 is 0 Å². The lowest BCUT2D eigenvalue weighted by Crippen LogP contribution is -2.23. The number of alkyl halides is 3. The SMILES string of the molecule is CC[C@@H](C)n1cnc2c(c1=O)c1nc3ccccc3nc1n2-c1ccc(Cl)c(C(F)(F)F)c1. The second-order valence-electron chi connectivity index (χ2n) is 7.79. The van der Waals surface area contributed by atoms with Crippen molar-refractivity contribution in [2.24, 2.45) is 0 Å². The molecule has 1 atom stereocenters. The molecule has 0 saturated heterocycles. The first-order chi connectivity index (χ1) is 15.7. The summed E-state index contributed by atoms with van der Waals surface area (Å²) in [6, 6.07) is 10.5. The first kappa shape index (κ1) is 21.4. The van der Waals surface area contributed by atoms with Crippen molar-refractivity contribution >= 4 is 44.8 Å². The molecule has 0 spiro atoms. The van der Waals surface area contributed by atoms with Gasteiger partial charge in [-0.1, -0.05) is 30.7 Å². The highest BCUT2D eigenvalue weighted by molar-refractivity contribution is 6.31. The van der Waals surface area contributed by atoms with E-state index in [0.717, 1.165) is 6.07 Å². The van der Waals surface area contributed by atoms with Crippen LogP contribution in [0.3, 0.4) is 0 Å². The van der Waals surface area contributed by atoms with Crippen molar-refractivity contribution < 1.29 is 13.2 Å². The Balaban J connectivity index is 1.95. The first-order valence-corrected chi connectivity index (χ1v) is 10.6. The van der Waals surface area contributed by atoms with Gasteiger partial charge in [0.2, 0.25) is 0 Å². The molecular formula is C23H17ClF3N5O. The molecule has 33 heavy (non-hydrogen) atoms. The maximum atomic E-state index is 13.6. The van der Waals surface area contributed by atoms with E-state index in [1.807, 2.05) is 13.8 Å². The Bertz CT molecular complexity index is 1610. The molecule has 0 amide bonds. The minimum atomic E-state index is -4.65. The molecule has 3 heterocycles. The van der Waals surface area contributed by atoms with Gasteiger partial charge in [-0.2, -0.15) is 13.2 Å². The molecule has 168 valence electrons. The molecule has 0 unspecified atom stereocenters. The number of nitrogens with zero attached hydrogens (tertiary/aromatic N) is 5. The first-order valence-electron chi connectivity index (χ1n) is 10.3. The molecule has 2 aromatic carbocycles. The second kappa shape index (κ2) is 7.55. The second-order valence-corrected chi connectivity index (χ2v) is 8.20. The maximum absolute atomic E-state index is 13.6. The number of halogens is 4. The Kier molecular flexibility index (Phi) is 4.89. The molecule has 5 aromatic rings. The van der Waals surface area contributed by atoms with Crippen molar-refractivity contribution in [1.29, 1.82) is 0 Å². The number of hydrogen-bond acceptors (Lipinski definition) is 4. The highest BCUT2D eigenvalue weighted by Crippen LogP contribution is 2.37. The lowest BCUT2D eigenvalue weighted by Gasteiger charge is -2.14. The average Bonchev–Trinajstić information content (AvgIpc) is 3.10. The van der Waals surface area contributed by atoms with Gasteiger partial charge in [-0.05, 0) is 43.7 Å². The van der Waals surface area contributed by atoms with E-state index in [1.54, 1.807) is 24.3 Å². The van der Waals surface area contributed by atoms with E-state index in [2.05, 4.69) is 15.0 Å². The number of aromatic nitrogens is 5. The third-order valence-electron chi connectivity index (χ3n) is 5.77. The Labute approximate surface area is 190 Å². The summed E-state index contributed by atoms with van der Waals surface area (Å²) in [5.41, 5.74) is 0.625. The summed E-state index contributed by atoms with van der Waals surface area (Å²) in [6.07, 6.45) is -2.54. The molecule has 0 saturated carbocycles. The zero-order chi connectivity index (χ0) is 23.5. The Hall–Kier alpha value is -3.46. The zero-order valence-electron chi connectivity index (χ0n) is 17.6. The van der Waals surface area contributed by atoms with Gasteiger partial charge in [0, 0.05) is 11.7 Å². The number of hydrogen-bond donors (Lipinski definition) is 0. The lowest BCUT2D eigenvalue weighted by atomic mass is 10.2. The van der Waals surface area contributed by atoms with Crippen LogP contribution in [-0.4, -0.2) is 24.1 Å². The monoisotopic (exact) mass is 471 g/mol. The van der Waals surface area contributed by atoms with Gasteiger partial charge in [0.05, 0.1) is 21.6 Å². The van der Waals surface area contributed by atoms with E-state index in [-0.39, 0.29) is 39.5 Å². The minimum absolute atomic E-state index is 0.117. The van der Waals surface area contributed by atoms with Crippen molar-refractivity contribution in [2.45, 2.75) is 32.5 Å². The highest BCUT2D eigenvalue weighted by Gasteiger charge is 2.34. The van der Waals surface area contributed by atoms with E-state index < -0.39 is 16.8 Å². The number of rotatable bonds is 3. The number of fused-ring (bicyclic) bond motifs is 4. The van der Waals surface area contributed by atoms with Crippen molar-refractivity contribution in [3.63, 3.8) is 0 Å². The summed E-state index contributed by atoms with van der Waals surface area (Å²) in [7, 11) is 0. The third-order valence-corrected chi connectivity index (χ3v) is 6.10. The van der Waals surface area contributed by atoms with Crippen molar-refractivity contribution in [2.75, 3.05) is 0 Å². The van der Waals surface area contributed by atoms with E-state index in [9.17, 15) is 18.0 Å². The predicted molar refractivity (Wildman–Crippen MR) is 121 cm³/mol. The normalized spacial score (nSPS) is 13.3. The van der Waals surface area contributed by atoms with Gasteiger partial charge in [0.1, 0.15) is 17.2 Å². The van der Waals surface area contributed by atoms with Crippen LogP contribution in [0.25, 0.3) is 38.9 Å². The van der Waals surface area contributed by atoms with Crippen molar-refractivity contribution in [1.82, 2.24) is 24.1 Å². The molecule has 0 aliphatic heterocycles. The van der Waals surface area contributed by atoms with Gasteiger partial charge in [-0.15, -0.1) is 0 Å². The van der Waals surface area contributed by atoms with Crippen LogP contribution < -0.4 is 5.56 Å². The maximum Gasteiger partial charge on any atom is 0.417 e. The van der Waals surface area contributed by atoms with E-state index >= 15 is 0 Å². The summed E-state index contributed by atoms with van der Waals surface area (Å²) in [6.45, 7) is 3.84. The van der Waals surface area contributed by atoms with Gasteiger partial charge in [-0.3, -0.25) is 13.9 Å². The standard InChI is InChI=1S/C23H17ClF3N5O/c1-3-12(2)31-11-28-20-18(22(31)33)19-21(30-17-7-5-4-6-16(17)29-19)32(20)13-8-9-15(24)14(10-13)23(25,26)27/h4-12H,3H2,1-2H3/t12-/m1/s1. The molecule has 3 aromatic heterocycles. The van der Waals surface area contributed by atoms with Crippen LogP contribution in [0.4, 0.5) is 13.2 Å². The molecular weight excluding hydrogens is 455 g/mol. The smallest absolute Gasteiger partial charge is 0.296 e. The topological polar surface area (TPSA) is 65.6 Å². The molecule has 0 aliphatic carbocycles. The molecule has 0 aliphatic rings. The quantitative estimate of drug-likeness (QED) is 0.327. The molecule has 6 nitrogen and oxygen atoms in total. The van der Waals surface area contributed by atoms with Gasteiger partial charge in [-0.25, -0.2) is 15.0 Å². The van der Waals surface area contributed by atoms with Crippen LogP contribution in [0.5, 0.6) is 0 Å². The molecule has 0 radical (unpaired) electrons. The van der Waals surface area contributed by atoms with E-state index in [1.165, 1.54) is 27.6 Å².